The average molecular weight is 522 g/mol. The third kappa shape index (κ3) is 8.47. The fourth-order valence-electron chi connectivity index (χ4n) is 4.85. The van der Waals surface area contributed by atoms with Gasteiger partial charge >= 0.3 is 11.9 Å². The zero-order chi connectivity index (χ0) is 27.3. The van der Waals surface area contributed by atoms with Gasteiger partial charge in [0.1, 0.15) is 11.4 Å². The van der Waals surface area contributed by atoms with Crippen LogP contribution in [0.3, 0.4) is 0 Å². The first-order chi connectivity index (χ1) is 18.4. The van der Waals surface area contributed by atoms with Crippen molar-refractivity contribution < 1.29 is 29.3 Å². The number of nitrogens with one attached hydrogen (secondary N) is 1. The topological polar surface area (TPSA) is 117 Å². The van der Waals surface area contributed by atoms with E-state index in [1.54, 1.807) is 30.3 Å². The number of benzene rings is 2. The van der Waals surface area contributed by atoms with Gasteiger partial charge in [-0.1, -0.05) is 82.6 Å². The van der Waals surface area contributed by atoms with E-state index >= 15 is 0 Å². The van der Waals surface area contributed by atoms with E-state index in [2.05, 4.69) is 11.9 Å². The van der Waals surface area contributed by atoms with Crippen LogP contribution in [0, 0.1) is 0 Å². The highest BCUT2D eigenvalue weighted by Gasteiger charge is 2.24. The summed E-state index contributed by atoms with van der Waals surface area (Å²) in [5.74, 6) is -1.55. The maximum absolute atomic E-state index is 13.3. The summed E-state index contributed by atoms with van der Waals surface area (Å²) in [5.41, 5.74) is 2.39. The van der Waals surface area contributed by atoms with Gasteiger partial charge in [0.25, 0.3) is 0 Å². The van der Waals surface area contributed by atoms with E-state index in [0.29, 0.717) is 41.7 Å². The van der Waals surface area contributed by atoms with Gasteiger partial charge in [-0.2, -0.15) is 0 Å². The van der Waals surface area contributed by atoms with Crippen LogP contribution in [-0.4, -0.2) is 39.5 Å². The lowest BCUT2D eigenvalue weighted by atomic mass is 9.96. The van der Waals surface area contributed by atoms with E-state index in [0.717, 1.165) is 24.8 Å². The summed E-state index contributed by atoms with van der Waals surface area (Å²) in [6, 6.07) is 12.4. The van der Waals surface area contributed by atoms with Gasteiger partial charge in [-0.05, 0) is 35.7 Å². The summed E-state index contributed by atoms with van der Waals surface area (Å²) in [6.07, 6.45) is 11.1. The molecule has 0 atom stereocenters. The van der Waals surface area contributed by atoms with Gasteiger partial charge in [0, 0.05) is 23.7 Å². The van der Waals surface area contributed by atoms with Crippen LogP contribution >= 0.6 is 0 Å². The molecule has 0 aliphatic rings. The van der Waals surface area contributed by atoms with Crippen molar-refractivity contribution in [3.05, 3.63) is 64.8 Å². The molecule has 7 heteroatoms. The number of carboxylic acids is 2. The Kier molecular flexibility index (Phi) is 11.4. The number of unbranched alkanes of at least 4 members (excludes halogenated alkanes) is 8. The number of ketones is 1. The van der Waals surface area contributed by atoms with Crippen molar-refractivity contribution in [2.45, 2.75) is 84.0 Å². The highest BCUT2D eigenvalue weighted by atomic mass is 16.5. The lowest BCUT2D eigenvalue weighted by molar-refractivity contribution is -0.136. The van der Waals surface area contributed by atoms with Crippen LogP contribution in [0.25, 0.3) is 10.9 Å². The molecule has 0 aliphatic carbocycles. The molecule has 0 unspecified atom stereocenters. The lowest BCUT2D eigenvalue weighted by Gasteiger charge is -2.09. The SMILES string of the molecule is CCCCCCCCCCCC(=O)c1c(C(=O)O)[nH]c2cccc(CCOc3ccc(CC(=O)O)cc3)c12. The van der Waals surface area contributed by atoms with E-state index in [4.69, 9.17) is 9.84 Å². The van der Waals surface area contributed by atoms with Crippen molar-refractivity contribution in [1.29, 1.82) is 0 Å². The normalized spacial score (nSPS) is 11.1. The molecular weight excluding hydrogens is 482 g/mol. The molecule has 204 valence electrons. The molecule has 3 rings (SSSR count). The Bertz CT molecular complexity index is 1210. The molecule has 0 bridgehead atoms. The quantitative estimate of drug-likeness (QED) is 0.120. The molecule has 0 spiro atoms. The van der Waals surface area contributed by atoms with Crippen LogP contribution in [0.2, 0.25) is 0 Å². The number of carbonyl (C=O) groups is 3. The van der Waals surface area contributed by atoms with Gasteiger partial charge in [0.2, 0.25) is 0 Å². The molecule has 0 aliphatic heterocycles. The first-order valence-electron chi connectivity index (χ1n) is 13.7. The number of aromatic amines is 1. The molecular formula is C31H39NO6. The Morgan fingerprint density at radius 2 is 1.50 bits per heavy atom. The van der Waals surface area contributed by atoms with Crippen molar-refractivity contribution in [3.8, 4) is 5.75 Å². The number of rotatable bonds is 18. The predicted molar refractivity (Wildman–Crippen MR) is 148 cm³/mol. The number of carbonyl (C=O) groups excluding carboxylic acids is 1. The maximum atomic E-state index is 13.3. The van der Waals surface area contributed by atoms with Crippen molar-refractivity contribution in [3.63, 3.8) is 0 Å². The van der Waals surface area contributed by atoms with Crippen LogP contribution in [-0.2, 0) is 17.6 Å². The first-order valence-corrected chi connectivity index (χ1v) is 13.7. The summed E-state index contributed by atoms with van der Waals surface area (Å²) in [6.45, 7) is 2.54. The molecule has 2 aromatic carbocycles. The first kappa shape index (κ1) is 29.0. The molecule has 0 saturated heterocycles. The van der Waals surface area contributed by atoms with Crippen molar-refractivity contribution in [2.24, 2.45) is 0 Å². The van der Waals surface area contributed by atoms with Gasteiger partial charge in [0.15, 0.2) is 5.78 Å². The number of hydrogen-bond donors (Lipinski definition) is 3. The number of ether oxygens (including phenoxy) is 1. The van der Waals surface area contributed by atoms with Gasteiger partial charge in [-0.15, -0.1) is 0 Å². The smallest absolute Gasteiger partial charge is 0.353 e. The molecule has 0 radical (unpaired) electrons. The molecule has 0 saturated carbocycles. The van der Waals surface area contributed by atoms with E-state index < -0.39 is 11.9 Å². The predicted octanol–water partition coefficient (Wildman–Crippen LogP) is 7.22. The molecule has 0 amide bonds. The monoisotopic (exact) mass is 521 g/mol. The van der Waals surface area contributed by atoms with Gasteiger partial charge in [-0.25, -0.2) is 4.79 Å². The Morgan fingerprint density at radius 1 is 0.842 bits per heavy atom. The van der Waals surface area contributed by atoms with Crippen LogP contribution in [0.15, 0.2) is 42.5 Å². The number of hydrogen-bond acceptors (Lipinski definition) is 4. The average Bonchev–Trinajstić information content (AvgIpc) is 3.29. The number of fused-ring (bicyclic) bond motifs is 1. The molecule has 3 aromatic rings. The summed E-state index contributed by atoms with van der Waals surface area (Å²) >= 11 is 0. The Hall–Kier alpha value is -3.61. The molecule has 1 aromatic heterocycles. The van der Waals surface area contributed by atoms with Crippen LogP contribution in [0.4, 0.5) is 0 Å². The van der Waals surface area contributed by atoms with E-state index in [9.17, 15) is 19.5 Å². The van der Waals surface area contributed by atoms with E-state index in [1.807, 2.05) is 12.1 Å². The van der Waals surface area contributed by atoms with Crippen molar-refractivity contribution >= 4 is 28.6 Å². The minimum Gasteiger partial charge on any atom is -0.493 e. The molecule has 1 heterocycles. The number of carboxylic acid groups (broad SMARTS) is 2. The third-order valence-electron chi connectivity index (χ3n) is 6.83. The second-order valence-electron chi connectivity index (χ2n) is 9.83. The molecule has 3 N–H and O–H groups in total. The van der Waals surface area contributed by atoms with E-state index in [-0.39, 0.29) is 23.5 Å². The zero-order valence-corrected chi connectivity index (χ0v) is 22.3. The maximum Gasteiger partial charge on any atom is 0.353 e. The minimum absolute atomic E-state index is 0.0441. The largest absolute Gasteiger partial charge is 0.493 e. The number of H-pyrrole nitrogens is 1. The van der Waals surface area contributed by atoms with Gasteiger partial charge in [-0.3, -0.25) is 9.59 Å². The summed E-state index contributed by atoms with van der Waals surface area (Å²) in [7, 11) is 0. The number of aliphatic carboxylic acids is 1. The van der Waals surface area contributed by atoms with Crippen molar-refractivity contribution in [1.82, 2.24) is 4.98 Å². The third-order valence-corrected chi connectivity index (χ3v) is 6.83. The number of aromatic carboxylic acids is 1. The summed E-state index contributed by atoms with van der Waals surface area (Å²) in [4.78, 5) is 39.0. The molecule has 38 heavy (non-hydrogen) atoms. The van der Waals surface area contributed by atoms with Crippen LogP contribution < -0.4 is 4.74 Å². The Morgan fingerprint density at radius 3 is 2.13 bits per heavy atom. The number of Topliss-reactive ketones (excluding diaryl/α,β-unsaturated/α-hetero) is 1. The van der Waals surface area contributed by atoms with Gasteiger partial charge < -0.3 is 19.9 Å². The van der Waals surface area contributed by atoms with Crippen LogP contribution in [0.1, 0.15) is 103 Å². The standard InChI is InChI=1S/C31H39NO6/c1-2-3-4-5-6-7-8-9-10-14-26(33)29-28-23(12-11-13-25(28)32-30(29)31(36)37)19-20-38-24-17-15-22(16-18-24)21-27(34)35/h11-13,15-18,32H,2-10,14,19-21H2,1H3,(H,34,35)(H,36,37). The van der Waals surface area contributed by atoms with Gasteiger partial charge in [0.05, 0.1) is 18.6 Å². The zero-order valence-electron chi connectivity index (χ0n) is 22.3. The Balaban J connectivity index is 1.62. The summed E-state index contributed by atoms with van der Waals surface area (Å²) in [5, 5.41) is 19.4. The second-order valence-corrected chi connectivity index (χ2v) is 9.83. The lowest BCUT2D eigenvalue weighted by Crippen LogP contribution is -2.09. The highest BCUT2D eigenvalue weighted by molar-refractivity contribution is 6.15. The highest BCUT2D eigenvalue weighted by Crippen LogP contribution is 2.29. The number of aromatic nitrogens is 1. The Labute approximate surface area is 224 Å². The molecule has 7 nitrogen and oxygen atoms in total. The second kappa shape index (κ2) is 15.0. The molecule has 0 fully saturated rings. The van der Waals surface area contributed by atoms with E-state index in [1.165, 1.54) is 38.5 Å². The van der Waals surface area contributed by atoms with Crippen molar-refractivity contribution in [2.75, 3.05) is 6.61 Å². The minimum atomic E-state index is -1.14. The summed E-state index contributed by atoms with van der Waals surface area (Å²) < 4.78 is 5.85. The fraction of sp³-hybridized carbons (Fsp3) is 0.452. The fourth-order valence-corrected chi connectivity index (χ4v) is 4.85. The van der Waals surface area contributed by atoms with Crippen LogP contribution in [0.5, 0.6) is 5.75 Å².